The fraction of sp³-hybridized carbons (Fsp3) is 0.231. The molecule has 0 radical (unpaired) electrons. The van der Waals surface area contributed by atoms with Crippen LogP contribution in [0.1, 0.15) is 41.3 Å². The summed E-state index contributed by atoms with van der Waals surface area (Å²) in [5.41, 5.74) is 4.40. The van der Waals surface area contributed by atoms with Crippen molar-refractivity contribution in [2.45, 2.75) is 19.8 Å². The zero-order valence-electron chi connectivity index (χ0n) is 18.7. The first kappa shape index (κ1) is 22.9. The number of Topliss-reactive ketones (excluding diaryl/α,β-unsaturated/α-hetero) is 1. The molecule has 2 aromatic carbocycles. The van der Waals surface area contributed by atoms with Crippen molar-refractivity contribution in [1.29, 1.82) is 0 Å². The number of dihydropyridines is 1. The van der Waals surface area contributed by atoms with E-state index in [4.69, 9.17) is 14.2 Å². The van der Waals surface area contributed by atoms with Gasteiger partial charge in [0.15, 0.2) is 17.3 Å². The number of allylic oxidation sites excluding steroid dienone is 2. The monoisotopic (exact) mass is 509 g/mol. The maximum atomic E-state index is 13.5. The lowest BCUT2D eigenvalue weighted by Gasteiger charge is -2.29. The molecule has 1 N–H and O–H groups in total. The number of benzene rings is 2. The predicted molar refractivity (Wildman–Crippen MR) is 129 cm³/mol. The maximum absolute atomic E-state index is 13.5. The van der Waals surface area contributed by atoms with E-state index in [1.54, 1.807) is 32.2 Å². The number of ketones is 1. The van der Waals surface area contributed by atoms with Gasteiger partial charge in [0.25, 0.3) is 0 Å². The Hall–Kier alpha value is -3.32. The zero-order chi connectivity index (χ0) is 23.7. The number of carbonyl (C=O) groups is 2. The van der Waals surface area contributed by atoms with E-state index in [1.165, 1.54) is 0 Å². The number of fused-ring (bicyclic) bond motifs is 2. The second kappa shape index (κ2) is 9.27. The summed E-state index contributed by atoms with van der Waals surface area (Å²) in [7, 11) is 1.55. The number of hydrogen-bond acceptors (Lipinski definition) is 6. The molecular formula is C26H24BrNO5. The van der Waals surface area contributed by atoms with Crippen molar-refractivity contribution in [3.8, 4) is 11.5 Å². The molecule has 2 aromatic rings. The largest absolute Gasteiger partial charge is 0.493 e. The van der Waals surface area contributed by atoms with Gasteiger partial charge in [0.05, 0.1) is 29.5 Å². The minimum absolute atomic E-state index is 0.116. The van der Waals surface area contributed by atoms with Crippen LogP contribution in [0.2, 0.25) is 0 Å². The molecule has 170 valence electrons. The molecule has 1 aliphatic carbocycles. The topological polar surface area (TPSA) is 73.9 Å². The molecule has 0 saturated carbocycles. The summed E-state index contributed by atoms with van der Waals surface area (Å²) in [6, 6.07) is 11.1. The Morgan fingerprint density at radius 1 is 1.24 bits per heavy atom. The van der Waals surface area contributed by atoms with Gasteiger partial charge in [0, 0.05) is 28.3 Å². The number of carbonyl (C=O) groups excluding carboxylic acids is 2. The van der Waals surface area contributed by atoms with Crippen LogP contribution in [0.4, 0.5) is 0 Å². The average molecular weight is 510 g/mol. The van der Waals surface area contributed by atoms with Crippen molar-refractivity contribution >= 4 is 33.4 Å². The summed E-state index contributed by atoms with van der Waals surface area (Å²) in [5, 5.41) is 3.30. The van der Waals surface area contributed by atoms with Crippen LogP contribution in [0.15, 0.2) is 70.4 Å². The van der Waals surface area contributed by atoms with Crippen molar-refractivity contribution in [1.82, 2.24) is 5.32 Å². The van der Waals surface area contributed by atoms with Crippen LogP contribution in [0.3, 0.4) is 0 Å². The Bertz CT molecular complexity index is 1230. The predicted octanol–water partition coefficient (Wildman–Crippen LogP) is 5.15. The van der Waals surface area contributed by atoms with Crippen molar-refractivity contribution in [2.24, 2.45) is 0 Å². The van der Waals surface area contributed by atoms with Gasteiger partial charge in [-0.3, -0.25) is 4.79 Å². The summed E-state index contributed by atoms with van der Waals surface area (Å²) in [5.74, 6) is -0.229. The zero-order valence-corrected chi connectivity index (χ0v) is 20.2. The third kappa shape index (κ3) is 3.86. The first-order valence-corrected chi connectivity index (χ1v) is 11.4. The van der Waals surface area contributed by atoms with E-state index in [9.17, 15) is 9.59 Å². The molecule has 0 bridgehead atoms. The highest BCUT2D eigenvalue weighted by atomic mass is 79.9. The van der Waals surface area contributed by atoms with Crippen molar-refractivity contribution in [2.75, 3.05) is 20.3 Å². The molecule has 0 fully saturated rings. The van der Waals surface area contributed by atoms with Gasteiger partial charge in [-0.1, -0.05) is 36.9 Å². The van der Waals surface area contributed by atoms with Gasteiger partial charge < -0.3 is 19.5 Å². The van der Waals surface area contributed by atoms with Gasteiger partial charge in [0.2, 0.25) is 0 Å². The van der Waals surface area contributed by atoms with Crippen LogP contribution in [0.5, 0.6) is 11.5 Å². The molecule has 2 aliphatic rings. The van der Waals surface area contributed by atoms with E-state index < -0.39 is 11.9 Å². The van der Waals surface area contributed by atoms with Crippen molar-refractivity contribution in [3.63, 3.8) is 0 Å². The van der Waals surface area contributed by atoms with Gasteiger partial charge in [-0.2, -0.15) is 0 Å². The van der Waals surface area contributed by atoms with E-state index >= 15 is 0 Å². The molecule has 33 heavy (non-hydrogen) atoms. The maximum Gasteiger partial charge on any atom is 0.336 e. The van der Waals surface area contributed by atoms with Crippen LogP contribution in [-0.4, -0.2) is 32.1 Å². The standard InChI is InChI=1S/C26H24BrNO5/c1-5-11-33-25-18(27)12-15(13-19(25)31-4)21-20(26(30)32-6-2)14(3)28-23-16-9-7-8-10-17(16)24(29)22(21)23/h5,7-10,12-13,21,28H,1,6,11H2,2-4H3/t21-/m1/s1. The highest BCUT2D eigenvalue weighted by molar-refractivity contribution is 9.10. The summed E-state index contributed by atoms with van der Waals surface area (Å²) >= 11 is 3.57. The third-order valence-electron chi connectivity index (χ3n) is 5.67. The molecule has 1 aliphatic heterocycles. The Balaban J connectivity index is 1.93. The minimum atomic E-state index is -0.640. The van der Waals surface area contributed by atoms with Crippen LogP contribution in [0.25, 0.3) is 5.70 Å². The Morgan fingerprint density at radius 2 is 1.97 bits per heavy atom. The van der Waals surface area contributed by atoms with Crippen LogP contribution in [0, 0.1) is 0 Å². The number of nitrogens with one attached hydrogen (secondary N) is 1. The summed E-state index contributed by atoms with van der Waals surface area (Å²) < 4.78 is 17.4. The van der Waals surface area contributed by atoms with Gasteiger partial charge >= 0.3 is 5.97 Å². The Labute approximate surface area is 201 Å². The van der Waals surface area contributed by atoms with Crippen LogP contribution in [-0.2, 0) is 9.53 Å². The number of halogens is 1. The first-order chi connectivity index (χ1) is 15.9. The lowest BCUT2D eigenvalue weighted by Crippen LogP contribution is -2.29. The van der Waals surface area contributed by atoms with Gasteiger partial charge in [0.1, 0.15) is 6.61 Å². The lowest BCUT2D eigenvalue weighted by atomic mass is 9.79. The number of methoxy groups -OCH3 is 1. The lowest BCUT2D eigenvalue weighted by molar-refractivity contribution is -0.138. The number of ether oxygens (including phenoxy) is 3. The van der Waals surface area contributed by atoms with Gasteiger partial charge in [-0.25, -0.2) is 4.79 Å². The smallest absolute Gasteiger partial charge is 0.336 e. The molecule has 0 unspecified atom stereocenters. The fourth-order valence-electron chi connectivity index (χ4n) is 4.33. The molecule has 1 heterocycles. The quantitative estimate of drug-likeness (QED) is 0.410. The molecule has 0 saturated heterocycles. The van der Waals surface area contributed by atoms with E-state index in [1.807, 2.05) is 31.2 Å². The van der Waals surface area contributed by atoms with Gasteiger partial charge in [-0.05, 0) is 47.5 Å². The summed E-state index contributed by atoms with van der Waals surface area (Å²) in [4.78, 5) is 26.6. The molecule has 0 aromatic heterocycles. The average Bonchev–Trinajstić information content (AvgIpc) is 3.08. The van der Waals surface area contributed by atoms with Gasteiger partial charge in [-0.15, -0.1) is 0 Å². The van der Waals surface area contributed by atoms with Crippen LogP contribution < -0.4 is 14.8 Å². The van der Waals surface area contributed by atoms with E-state index in [0.29, 0.717) is 56.2 Å². The molecule has 0 spiro atoms. The minimum Gasteiger partial charge on any atom is -0.493 e. The fourth-order valence-corrected chi connectivity index (χ4v) is 4.90. The molecular weight excluding hydrogens is 486 g/mol. The number of esters is 1. The SMILES string of the molecule is C=CCOc1c(Br)cc([C@@H]2C(C(=O)OCC)=C(C)NC3=C2C(=O)c2ccccc23)cc1OC. The molecule has 6 nitrogen and oxygen atoms in total. The van der Waals surface area contributed by atoms with E-state index in [0.717, 1.165) is 5.56 Å². The first-order valence-electron chi connectivity index (χ1n) is 10.6. The number of rotatable bonds is 7. The summed E-state index contributed by atoms with van der Waals surface area (Å²) in [6.45, 7) is 7.79. The number of hydrogen-bond donors (Lipinski definition) is 1. The van der Waals surface area contributed by atoms with Crippen molar-refractivity contribution in [3.05, 3.63) is 87.1 Å². The Morgan fingerprint density at radius 3 is 2.64 bits per heavy atom. The highest BCUT2D eigenvalue weighted by Crippen LogP contribution is 2.49. The summed E-state index contributed by atoms with van der Waals surface area (Å²) in [6.07, 6.45) is 1.64. The van der Waals surface area contributed by atoms with Crippen LogP contribution >= 0.6 is 15.9 Å². The normalized spacial score (nSPS) is 16.7. The second-order valence-corrected chi connectivity index (χ2v) is 8.47. The molecule has 1 atom stereocenters. The Kier molecular flexibility index (Phi) is 6.42. The molecule has 4 rings (SSSR count). The third-order valence-corrected chi connectivity index (χ3v) is 6.26. The highest BCUT2D eigenvalue weighted by Gasteiger charge is 2.43. The van der Waals surface area contributed by atoms with E-state index in [2.05, 4.69) is 27.8 Å². The van der Waals surface area contributed by atoms with E-state index in [-0.39, 0.29) is 12.4 Å². The molecule has 0 amide bonds. The molecule has 7 heteroatoms. The van der Waals surface area contributed by atoms with Crippen molar-refractivity contribution < 1.29 is 23.8 Å². The second-order valence-electron chi connectivity index (χ2n) is 7.61.